The lowest BCUT2D eigenvalue weighted by atomic mass is 10.2. The van der Waals surface area contributed by atoms with Gasteiger partial charge in [0.25, 0.3) is 5.91 Å². The zero-order valence-electron chi connectivity index (χ0n) is 9.66. The van der Waals surface area contributed by atoms with Crippen molar-refractivity contribution < 1.29 is 4.79 Å². The number of amides is 1. The lowest BCUT2D eigenvalue weighted by Crippen LogP contribution is -2.29. The van der Waals surface area contributed by atoms with Gasteiger partial charge in [-0.15, -0.1) is 5.10 Å². The average molecular weight is 231 g/mol. The number of aromatic nitrogens is 4. The largest absolute Gasteiger partial charge is 0.350 e. The van der Waals surface area contributed by atoms with Crippen molar-refractivity contribution in [1.29, 1.82) is 0 Å². The summed E-state index contributed by atoms with van der Waals surface area (Å²) in [5.74, 6) is -0.0803. The Bertz CT molecular complexity index is 489. The van der Waals surface area contributed by atoms with Crippen LogP contribution in [0.5, 0.6) is 0 Å². The van der Waals surface area contributed by atoms with Gasteiger partial charge >= 0.3 is 0 Å². The number of benzene rings is 1. The zero-order chi connectivity index (χ0) is 12.3. The highest BCUT2D eigenvalue weighted by molar-refractivity contribution is 5.94. The van der Waals surface area contributed by atoms with Gasteiger partial charge in [-0.3, -0.25) is 4.79 Å². The van der Waals surface area contributed by atoms with Crippen LogP contribution in [0, 0.1) is 0 Å². The van der Waals surface area contributed by atoms with Crippen molar-refractivity contribution in [1.82, 2.24) is 25.5 Å². The molecule has 1 N–H and O–H groups in total. The molecular formula is C11H13N5O. The normalized spacial score (nSPS) is 10.5. The Kier molecular flexibility index (Phi) is 3.13. The van der Waals surface area contributed by atoms with Crippen LogP contribution in [0.25, 0.3) is 5.69 Å². The van der Waals surface area contributed by atoms with E-state index in [2.05, 4.69) is 20.8 Å². The summed E-state index contributed by atoms with van der Waals surface area (Å²) in [6.45, 7) is 3.85. The lowest BCUT2D eigenvalue weighted by Gasteiger charge is -2.08. The number of rotatable bonds is 3. The van der Waals surface area contributed by atoms with Gasteiger partial charge in [0.15, 0.2) is 0 Å². The highest BCUT2D eigenvalue weighted by Crippen LogP contribution is 2.07. The fraction of sp³-hybridized carbons (Fsp3) is 0.273. The third kappa shape index (κ3) is 2.66. The van der Waals surface area contributed by atoms with Crippen LogP contribution >= 0.6 is 0 Å². The molecule has 0 saturated heterocycles. The van der Waals surface area contributed by atoms with Crippen LogP contribution in [0.4, 0.5) is 0 Å². The Labute approximate surface area is 98.6 Å². The quantitative estimate of drug-likeness (QED) is 0.848. The number of hydrogen-bond donors (Lipinski definition) is 1. The molecule has 0 aliphatic rings. The first-order valence-electron chi connectivity index (χ1n) is 5.31. The first-order chi connectivity index (χ1) is 8.16. The number of carbonyl (C=O) groups is 1. The molecule has 0 spiro atoms. The topological polar surface area (TPSA) is 72.7 Å². The number of hydrogen-bond acceptors (Lipinski definition) is 4. The van der Waals surface area contributed by atoms with Crippen LogP contribution < -0.4 is 5.32 Å². The first kappa shape index (κ1) is 11.3. The van der Waals surface area contributed by atoms with Crippen molar-refractivity contribution in [3.8, 4) is 5.69 Å². The van der Waals surface area contributed by atoms with E-state index < -0.39 is 0 Å². The van der Waals surface area contributed by atoms with Gasteiger partial charge in [-0.1, -0.05) is 0 Å². The maximum atomic E-state index is 11.7. The molecule has 1 heterocycles. The van der Waals surface area contributed by atoms with Crippen LogP contribution in [0.1, 0.15) is 24.2 Å². The second kappa shape index (κ2) is 4.73. The van der Waals surface area contributed by atoms with E-state index in [4.69, 9.17) is 0 Å². The van der Waals surface area contributed by atoms with E-state index in [1.807, 2.05) is 13.8 Å². The van der Waals surface area contributed by atoms with Gasteiger partial charge in [-0.2, -0.15) is 0 Å². The summed E-state index contributed by atoms with van der Waals surface area (Å²) in [6.07, 6.45) is 1.50. The minimum absolute atomic E-state index is 0.0803. The molecule has 1 amide bonds. The SMILES string of the molecule is CC(C)NC(=O)c1ccc(-n2cnnn2)cc1. The Morgan fingerprint density at radius 1 is 1.29 bits per heavy atom. The minimum atomic E-state index is -0.0803. The van der Waals surface area contributed by atoms with Crippen LogP contribution in [0.15, 0.2) is 30.6 Å². The van der Waals surface area contributed by atoms with Crippen molar-refractivity contribution in [3.63, 3.8) is 0 Å². The molecule has 0 aliphatic carbocycles. The average Bonchev–Trinajstić information content (AvgIpc) is 2.82. The maximum absolute atomic E-state index is 11.7. The molecule has 88 valence electrons. The van der Waals surface area contributed by atoms with E-state index in [9.17, 15) is 4.79 Å². The van der Waals surface area contributed by atoms with Gasteiger partial charge in [0, 0.05) is 11.6 Å². The number of tetrazole rings is 1. The zero-order valence-corrected chi connectivity index (χ0v) is 9.66. The van der Waals surface area contributed by atoms with Crippen molar-refractivity contribution in [3.05, 3.63) is 36.2 Å². The van der Waals surface area contributed by atoms with E-state index in [-0.39, 0.29) is 11.9 Å². The molecule has 2 aromatic rings. The molecule has 6 heteroatoms. The summed E-state index contributed by atoms with van der Waals surface area (Å²) in [5.41, 5.74) is 1.44. The van der Waals surface area contributed by atoms with Crippen molar-refractivity contribution >= 4 is 5.91 Å². The molecule has 0 atom stereocenters. The Morgan fingerprint density at radius 3 is 2.53 bits per heavy atom. The van der Waals surface area contributed by atoms with Gasteiger partial charge in [-0.25, -0.2) is 4.68 Å². The van der Waals surface area contributed by atoms with E-state index in [1.54, 1.807) is 24.3 Å². The first-order valence-corrected chi connectivity index (χ1v) is 5.31. The third-order valence-electron chi connectivity index (χ3n) is 2.16. The van der Waals surface area contributed by atoms with Gasteiger partial charge < -0.3 is 5.32 Å². The molecule has 0 bridgehead atoms. The number of carbonyl (C=O) groups excluding carboxylic acids is 1. The van der Waals surface area contributed by atoms with Gasteiger partial charge in [0.05, 0.1) is 5.69 Å². The number of nitrogens with one attached hydrogen (secondary N) is 1. The summed E-state index contributed by atoms with van der Waals surface area (Å²) >= 11 is 0. The molecule has 0 unspecified atom stereocenters. The van der Waals surface area contributed by atoms with E-state index in [1.165, 1.54) is 11.0 Å². The van der Waals surface area contributed by atoms with Gasteiger partial charge in [-0.05, 0) is 48.5 Å². The van der Waals surface area contributed by atoms with Gasteiger partial charge in [0.2, 0.25) is 0 Å². The van der Waals surface area contributed by atoms with Crippen LogP contribution in [-0.2, 0) is 0 Å². The van der Waals surface area contributed by atoms with E-state index in [0.717, 1.165) is 5.69 Å². The van der Waals surface area contributed by atoms with Crippen LogP contribution in [0.2, 0.25) is 0 Å². The Balaban J connectivity index is 2.16. The fourth-order valence-electron chi connectivity index (χ4n) is 1.39. The molecule has 1 aromatic carbocycles. The summed E-state index contributed by atoms with van der Waals surface area (Å²) in [6, 6.07) is 7.21. The lowest BCUT2D eigenvalue weighted by molar-refractivity contribution is 0.0943. The van der Waals surface area contributed by atoms with E-state index >= 15 is 0 Å². The summed E-state index contributed by atoms with van der Waals surface area (Å²) in [5, 5.41) is 13.7. The summed E-state index contributed by atoms with van der Waals surface area (Å²) in [7, 11) is 0. The van der Waals surface area contributed by atoms with Crippen LogP contribution in [0.3, 0.4) is 0 Å². The predicted octanol–water partition coefficient (Wildman–Crippen LogP) is 0.800. The molecule has 0 fully saturated rings. The highest BCUT2D eigenvalue weighted by atomic mass is 16.1. The smallest absolute Gasteiger partial charge is 0.251 e. The van der Waals surface area contributed by atoms with Gasteiger partial charge in [0.1, 0.15) is 6.33 Å². The third-order valence-corrected chi connectivity index (χ3v) is 2.16. The molecule has 1 aromatic heterocycles. The molecule has 0 saturated carbocycles. The molecular weight excluding hydrogens is 218 g/mol. The maximum Gasteiger partial charge on any atom is 0.251 e. The van der Waals surface area contributed by atoms with Crippen molar-refractivity contribution in [2.45, 2.75) is 19.9 Å². The molecule has 17 heavy (non-hydrogen) atoms. The molecule has 6 nitrogen and oxygen atoms in total. The molecule has 2 rings (SSSR count). The summed E-state index contributed by atoms with van der Waals surface area (Å²) in [4.78, 5) is 11.7. The van der Waals surface area contributed by atoms with Crippen LogP contribution in [-0.4, -0.2) is 32.2 Å². The standard InChI is InChI=1S/C11H13N5O/c1-8(2)13-11(17)9-3-5-10(6-4-9)16-7-12-14-15-16/h3-8H,1-2H3,(H,13,17). The minimum Gasteiger partial charge on any atom is -0.350 e. The Morgan fingerprint density at radius 2 is 2.00 bits per heavy atom. The predicted molar refractivity (Wildman–Crippen MR) is 61.8 cm³/mol. The molecule has 0 radical (unpaired) electrons. The summed E-state index contributed by atoms with van der Waals surface area (Å²) < 4.78 is 1.53. The van der Waals surface area contributed by atoms with E-state index in [0.29, 0.717) is 5.56 Å². The van der Waals surface area contributed by atoms with Crippen molar-refractivity contribution in [2.24, 2.45) is 0 Å². The van der Waals surface area contributed by atoms with Crippen molar-refractivity contribution in [2.75, 3.05) is 0 Å². The fourth-order valence-corrected chi connectivity index (χ4v) is 1.39. The Hall–Kier alpha value is -2.24. The monoisotopic (exact) mass is 231 g/mol. The highest BCUT2D eigenvalue weighted by Gasteiger charge is 2.06. The second-order valence-electron chi connectivity index (χ2n) is 3.93. The molecule has 0 aliphatic heterocycles. The second-order valence-corrected chi connectivity index (χ2v) is 3.93. The number of nitrogens with zero attached hydrogens (tertiary/aromatic N) is 4.